The fourth-order valence-electron chi connectivity index (χ4n) is 1.26. The van der Waals surface area contributed by atoms with Crippen LogP contribution in [0.5, 0.6) is 0 Å². The van der Waals surface area contributed by atoms with Crippen molar-refractivity contribution in [1.82, 2.24) is 10.4 Å². The summed E-state index contributed by atoms with van der Waals surface area (Å²) in [6.07, 6.45) is -0.456. The summed E-state index contributed by atoms with van der Waals surface area (Å²) in [6.45, 7) is 5.50. The average Bonchev–Trinajstić information content (AvgIpc) is 2.26. The molecule has 0 aliphatic carbocycles. The zero-order chi connectivity index (χ0) is 13.8. The second-order valence-corrected chi connectivity index (χ2v) is 5.95. The van der Waals surface area contributed by atoms with Crippen LogP contribution in [-0.2, 0) is 4.74 Å². The third-order valence-corrected chi connectivity index (χ3v) is 3.44. The summed E-state index contributed by atoms with van der Waals surface area (Å²) in [4.78, 5) is 11.6. The number of benzene rings is 1. The zero-order valence-electron chi connectivity index (χ0n) is 11.1. The summed E-state index contributed by atoms with van der Waals surface area (Å²) >= 11 is 1.86. The Morgan fingerprint density at radius 3 is 2.33 bits per heavy atom. The van der Waals surface area contributed by atoms with Gasteiger partial charge in [0, 0.05) is 0 Å². The Balaban J connectivity index is 2.59. The number of ether oxygens (including phenoxy) is 1. The Labute approximate surface area is 121 Å². The van der Waals surface area contributed by atoms with Crippen molar-refractivity contribution in [3.05, 3.63) is 35.9 Å². The van der Waals surface area contributed by atoms with Crippen molar-refractivity contribution >= 4 is 31.6 Å². The molecule has 1 rings (SSSR count). The van der Waals surface area contributed by atoms with Gasteiger partial charge in [-0.15, -0.1) is 0 Å². The van der Waals surface area contributed by atoms with Crippen molar-refractivity contribution in [2.45, 2.75) is 26.4 Å². The van der Waals surface area contributed by atoms with E-state index in [1.54, 1.807) is 12.1 Å². The molecule has 4 nitrogen and oxygen atoms in total. The van der Waals surface area contributed by atoms with E-state index in [0.717, 1.165) is 9.24 Å². The van der Waals surface area contributed by atoms with Crippen LogP contribution in [0.25, 0.3) is 0 Å². The van der Waals surface area contributed by atoms with Gasteiger partial charge in [-0.05, 0) is 0 Å². The van der Waals surface area contributed by atoms with Crippen LogP contribution in [0.4, 0.5) is 4.79 Å². The van der Waals surface area contributed by atoms with E-state index in [1.165, 1.54) is 0 Å². The molecule has 0 aliphatic rings. The van der Waals surface area contributed by atoms with Crippen molar-refractivity contribution in [2.75, 3.05) is 7.05 Å². The van der Waals surface area contributed by atoms with Crippen molar-refractivity contribution in [1.29, 1.82) is 0 Å². The van der Waals surface area contributed by atoms with Gasteiger partial charge in [0.2, 0.25) is 0 Å². The summed E-state index contributed by atoms with van der Waals surface area (Å²) < 4.78 is 6.15. The number of nitrogens with one attached hydrogen (secondary N) is 1. The molecule has 0 spiro atoms. The molecule has 0 aromatic heterocycles. The maximum atomic E-state index is 11.6. The number of amides is 1. The Hall–Kier alpha value is -1.05. The second-order valence-electron chi connectivity index (χ2n) is 4.84. The van der Waals surface area contributed by atoms with Crippen LogP contribution < -0.4 is 5.43 Å². The van der Waals surface area contributed by atoms with Crippen LogP contribution in [0.3, 0.4) is 0 Å². The van der Waals surface area contributed by atoms with Crippen LogP contribution in [0.1, 0.15) is 26.3 Å². The van der Waals surface area contributed by atoms with E-state index < -0.39 is 11.7 Å². The van der Waals surface area contributed by atoms with Gasteiger partial charge in [-0.3, -0.25) is 0 Å². The zero-order valence-corrected chi connectivity index (χ0v) is 13.4. The first-order chi connectivity index (χ1) is 8.29. The van der Waals surface area contributed by atoms with Gasteiger partial charge < -0.3 is 0 Å². The molecule has 0 radical (unpaired) electrons. The number of hydrogen-bond donors (Lipinski definition) is 1. The Kier molecular flexibility index (Phi) is 5.18. The second kappa shape index (κ2) is 6.21. The number of rotatable bonds is 3. The molecular formula is C13H18N2O2Te. The molecular weight excluding hydrogens is 344 g/mol. The Morgan fingerprint density at radius 2 is 1.83 bits per heavy atom. The van der Waals surface area contributed by atoms with E-state index in [-0.39, 0.29) is 0 Å². The minimum absolute atomic E-state index is 0.456. The van der Waals surface area contributed by atoms with Crippen molar-refractivity contribution in [2.24, 2.45) is 0 Å². The fourth-order valence-corrected chi connectivity index (χ4v) is 1.78. The van der Waals surface area contributed by atoms with Gasteiger partial charge >= 0.3 is 121 Å². The topological polar surface area (TPSA) is 41.6 Å². The van der Waals surface area contributed by atoms with E-state index in [1.807, 2.05) is 72.9 Å². The maximum absolute atomic E-state index is 11.6. The molecule has 0 heterocycles. The molecule has 0 atom stereocenters. The van der Waals surface area contributed by atoms with Crippen LogP contribution in [0.15, 0.2) is 30.3 Å². The summed E-state index contributed by atoms with van der Waals surface area (Å²) in [5, 5.41) is 1.66. The molecule has 0 saturated carbocycles. The Bertz CT molecular complexity index is 426. The summed E-state index contributed by atoms with van der Waals surface area (Å²) in [6, 6.07) is 9.86. The molecule has 0 aliphatic heterocycles. The third-order valence-electron chi connectivity index (χ3n) is 1.98. The van der Waals surface area contributed by atoms with Crippen LogP contribution >= 0.6 is 0 Å². The summed E-state index contributed by atoms with van der Waals surface area (Å²) in [5.41, 5.74) is 3.24. The van der Waals surface area contributed by atoms with Gasteiger partial charge in [0.15, 0.2) is 0 Å². The minimum atomic E-state index is -0.494. The molecule has 5 heteroatoms. The SMILES string of the molecule is CN(NC(=O)OC(C)(C)C)C(=[Te])c1ccccc1. The molecule has 1 aromatic carbocycles. The number of hydrazine groups is 1. The number of nitrogens with zero attached hydrogens (tertiary/aromatic N) is 1. The van der Waals surface area contributed by atoms with Crippen LogP contribution in [0.2, 0.25) is 0 Å². The predicted molar refractivity (Wildman–Crippen MR) is 73.4 cm³/mol. The third kappa shape index (κ3) is 5.07. The summed E-state index contributed by atoms with van der Waals surface area (Å²) in [5.74, 6) is 0. The quantitative estimate of drug-likeness (QED) is 0.658. The molecule has 0 saturated heterocycles. The molecule has 18 heavy (non-hydrogen) atoms. The number of carbonyl (C=O) groups is 1. The number of hydrogen-bond acceptors (Lipinski definition) is 3. The van der Waals surface area contributed by atoms with E-state index in [0.29, 0.717) is 0 Å². The fraction of sp³-hybridized carbons (Fsp3) is 0.385. The van der Waals surface area contributed by atoms with Gasteiger partial charge in [-0.1, -0.05) is 0 Å². The molecule has 0 fully saturated rings. The van der Waals surface area contributed by atoms with Crippen LogP contribution in [-0.4, -0.2) is 49.2 Å². The van der Waals surface area contributed by atoms with Gasteiger partial charge in [0.1, 0.15) is 0 Å². The van der Waals surface area contributed by atoms with Gasteiger partial charge in [-0.25, -0.2) is 0 Å². The average molecular weight is 362 g/mol. The van der Waals surface area contributed by atoms with E-state index in [2.05, 4.69) is 5.43 Å². The van der Waals surface area contributed by atoms with Gasteiger partial charge in [0.25, 0.3) is 0 Å². The van der Waals surface area contributed by atoms with E-state index >= 15 is 0 Å². The molecule has 1 amide bonds. The van der Waals surface area contributed by atoms with Crippen molar-refractivity contribution < 1.29 is 9.53 Å². The van der Waals surface area contributed by atoms with Gasteiger partial charge in [0.05, 0.1) is 0 Å². The molecule has 1 N–H and O–H groups in total. The monoisotopic (exact) mass is 364 g/mol. The molecule has 98 valence electrons. The summed E-state index contributed by atoms with van der Waals surface area (Å²) in [7, 11) is 1.79. The first kappa shape index (κ1) is 15.0. The Morgan fingerprint density at radius 1 is 1.28 bits per heavy atom. The van der Waals surface area contributed by atoms with E-state index in [9.17, 15) is 4.79 Å². The molecule has 1 aromatic rings. The van der Waals surface area contributed by atoms with Gasteiger partial charge in [-0.2, -0.15) is 0 Å². The molecule has 0 bridgehead atoms. The normalized spacial score (nSPS) is 10.7. The number of carbonyl (C=O) groups excluding carboxylic acids is 1. The first-order valence-electron chi connectivity index (χ1n) is 5.62. The van der Waals surface area contributed by atoms with Crippen LogP contribution in [0, 0.1) is 0 Å². The predicted octanol–water partition coefficient (Wildman–Crippen LogP) is 1.70. The van der Waals surface area contributed by atoms with E-state index in [4.69, 9.17) is 4.74 Å². The first-order valence-corrected chi connectivity index (χ1v) is 6.79. The standard InChI is InChI=1S/C13H18N2O2Te/c1-13(2,3)17-12(16)14-15(4)11(18)10-8-6-5-7-9-10/h5-9H,1-4H3,(H,14,16). The van der Waals surface area contributed by atoms with Crippen molar-refractivity contribution in [3.8, 4) is 0 Å². The van der Waals surface area contributed by atoms with Crippen molar-refractivity contribution in [3.63, 3.8) is 0 Å². The molecule has 0 unspecified atom stereocenters.